The first-order chi connectivity index (χ1) is 12.2. The summed E-state index contributed by atoms with van der Waals surface area (Å²) in [7, 11) is 0. The zero-order chi connectivity index (χ0) is 17.2. The van der Waals surface area contributed by atoms with Gasteiger partial charge in [0.25, 0.3) is 0 Å². The van der Waals surface area contributed by atoms with Crippen LogP contribution in [-0.4, -0.2) is 37.6 Å². The summed E-state index contributed by atoms with van der Waals surface area (Å²) < 4.78 is 1.74. The monoisotopic (exact) mass is 357 g/mol. The quantitative estimate of drug-likeness (QED) is 0.748. The van der Waals surface area contributed by atoms with Crippen molar-refractivity contribution in [2.45, 2.75) is 31.7 Å². The molecule has 6 nitrogen and oxygen atoms in total. The molecule has 2 heterocycles. The summed E-state index contributed by atoms with van der Waals surface area (Å²) in [5.74, 6) is 1.92. The van der Waals surface area contributed by atoms with Crippen LogP contribution >= 0.6 is 11.6 Å². The van der Waals surface area contributed by atoms with Crippen LogP contribution in [0.5, 0.6) is 0 Å². The van der Waals surface area contributed by atoms with Gasteiger partial charge >= 0.3 is 0 Å². The molecule has 1 aromatic carbocycles. The maximum atomic E-state index is 9.26. The van der Waals surface area contributed by atoms with Gasteiger partial charge in [-0.1, -0.05) is 23.7 Å². The van der Waals surface area contributed by atoms with Crippen LogP contribution in [0.25, 0.3) is 17.0 Å². The van der Waals surface area contributed by atoms with Crippen molar-refractivity contribution in [3.8, 4) is 11.4 Å². The first kappa shape index (κ1) is 16.3. The minimum absolute atomic E-state index is 0.292. The van der Waals surface area contributed by atoms with Crippen molar-refractivity contribution in [1.29, 1.82) is 0 Å². The third kappa shape index (κ3) is 3.45. The fourth-order valence-corrected chi connectivity index (χ4v) is 3.56. The van der Waals surface area contributed by atoms with E-state index in [1.165, 1.54) is 0 Å². The number of nitrogens with one attached hydrogen (secondary N) is 1. The SMILES string of the molecule is OCC1CCC(Nc2ccc3nnc(-c4cccc(Cl)c4)n3n2)CC1. The Morgan fingerprint density at radius 1 is 1.12 bits per heavy atom. The highest BCUT2D eigenvalue weighted by Crippen LogP contribution is 2.26. The number of fused-ring (bicyclic) bond motifs is 1. The minimum atomic E-state index is 0.292. The number of hydrogen-bond donors (Lipinski definition) is 2. The van der Waals surface area contributed by atoms with E-state index in [1.54, 1.807) is 4.52 Å². The zero-order valence-electron chi connectivity index (χ0n) is 13.8. The standard InChI is InChI=1S/C18H20ClN5O/c19-14-3-1-2-13(10-14)18-22-21-17-9-8-16(23-24(17)18)20-15-6-4-12(11-25)5-7-15/h1-3,8-10,12,15,25H,4-7,11H2,(H,20,23). The molecule has 1 aliphatic rings. The molecule has 25 heavy (non-hydrogen) atoms. The van der Waals surface area contributed by atoms with E-state index in [4.69, 9.17) is 11.6 Å². The molecule has 0 bridgehead atoms. The lowest BCUT2D eigenvalue weighted by molar-refractivity contribution is 0.185. The van der Waals surface area contributed by atoms with Crippen molar-refractivity contribution >= 4 is 23.1 Å². The number of aliphatic hydroxyl groups excluding tert-OH is 1. The van der Waals surface area contributed by atoms with Gasteiger partial charge in [-0.2, -0.15) is 4.52 Å². The van der Waals surface area contributed by atoms with Gasteiger partial charge in [0, 0.05) is 23.2 Å². The molecule has 2 aromatic heterocycles. The van der Waals surface area contributed by atoms with Gasteiger partial charge in [0.05, 0.1) is 0 Å². The predicted molar refractivity (Wildman–Crippen MR) is 97.7 cm³/mol. The molecular weight excluding hydrogens is 338 g/mol. The number of rotatable bonds is 4. The Morgan fingerprint density at radius 3 is 2.72 bits per heavy atom. The summed E-state index contributed by atoms with van der Waals surface area (Å²) in [5.41, 5.74) is 1.58. The average molecular weight is 358 g/mol. The van der Waals surface area contributed by atoms with Gasteiger partial charge < -0.3 is 10.4 Å². The minimum Gasteiger partial charge on any atom is -0.396 e. The Hall–Kier alpha value is -2.18. The summed E-state index contributed by atoms with van der Waals surface area (Å²) in [6.45, 7) is 0.292. The van der Waals surface area contributed by atoms with Gasteiger partial charge in [-0.25, -0.2) is 0 Å². The van der Waals surface area contributed by atoms with Crippen LogP contribution in [0.15, 0.2) is 36.4 Å². The third-order valence-corrected chi connectivity index (χ3v) is 5.04. The van der Waals surface area contributed by atoms with E-state index in [0.29, 0.717) is 35.1 Å². The topological polar surface area (TPSA) is 75.3 Å². The van der Waals surface area contributed by atoms with Gasteiger partial charge in [0.1, 0.15) is 5.82 Å². The lowest BCUT2D eigenvalue weighted by Gasteiger charge is -2.28. The average Bonchev–Trinajstić information content (AvgIpc) is 3.06. The van der Waals surface area contributed by atoms with E-state index in [2.05, 4.69) is 20.6 Å². The number of nitrogens with zero attached hydrogens (tertiary/aromatic N) is 4. The smallest absolute Gasteiger partial charge is 0.185 e. The van der Waals surface area contributed by atoms with Crippen LogP contribution in [0.2, 0.25) is 5.02 Å². The lowest BCUT2D eigenvalue weighted by Crippen LogP contribution is -2.27. The van der Waals surface area contributed by atoms with E-state index in [1.807, 2.05) is 36.4 Å². The maximum absolute atomic E-state index is 9.26. The molecule has 2 N–H and O–H groups in total. The number of benzene rings is 1. The first-order valence-electron chi connectivity index (χ1n) is 8.59. The van der Waals surface area contributed by atoms with Crippen LogP contribution < -0.4 is 5.32 Å². The molecule has 0 atom stereocenters. The van der Waals surface area contributed by atoms with E-state index in [-0.39, 0.29) is 0 Å². The number of anilines is 1. The zero-order valence-corrected chi connectivity index (χ0v) is 14.5. The van der Waals surface area contributed by atoms with Crippen molar-refractivity contribution in [2.24, 2.45) is 5.92 Å². The van der Waals surface area contributed by atoms with E-state index in [0.717, 1.165) is 37.1 Å². The molecule has 0 saturated heterocycles. The van der Waals surface area contributed by atoms with Crippen LogP contribution in [-0.2, 0) is 0 Å². The normalized spacial score (nSPS) is 20.7. The van der Waals surface area contributed by atoms with Crippen molar-refractivity contribution in [2.75, 3.05) is 11.9 Å². The lowest BCUT2D eigenvalue weighted by atomic mass is 9.86. The Labute approximate surface area is 150 Å². The third-order valence-electron chi connectivity index (χ3n) is 4.80. The second-order valence-electron chi connectivity index (χ2n) is 6.57. The molecule has 1 saturated carbocycles. The Balaban J connectivity index is 1.58. The van der Waals surface area contributed by atoms with Crippen molar-refractivity contribution in [3.05, 3.63) is 41.4 Å². The van der Waals surface area contributed by atoms with Gasteiger partial charge in [-0.15, -0.1) is 15.3 Å². The highest BCUT2D eigenvalue weighted by atomic mass is 35.5. The molecule has 0 radical (unpaired) electrons. The molecule has 0 amide bonds. The molecular formula is C18H20ClN5O. The summed E-state index contributed by atoms with van der Waals surface area (Å²) in [6, 6.07) is 11.8. The van der Waals surface area contributed by atoms with Gasteiger partial charge in [-0.05, 0) is 55.9 Å². The summed E-state index contributed by atoms with van der Waals surface area (Å²) in [6.07, 6.45) is 4.20. The van der Waals surface area contributed by atoms with Crippen LogP contribution in [0.1, 0.15) is 25.7 Å². The predicted octanol–water partition coefficient (Wildman–Crippen LogP) is 3.41. The van der Waals surface area contributed by atoms with E-state index < -0.39 is 0 Å². The highest BCUT2D eigenvalue weighted by Gasteiger charge is 2.21. The van der Waals surface area contributed by atoms with Crippen LogP contribution in [0.4, 0.5) is 5.82 Å². The Kier molecular flexibility index (Phi) is 4.55. The van der Waals surface area contributed by atoms with Crippen LogP contribution in [0, 0.1) is 5.92 Å². The number of aliphatic hydroxyl groups is 1. The van der Waals surface area contributed by atoms with E-state index in [9.17, 15) is 5.11 Å². The summed E-state index contributed by atoms with van der Waals surface area (Å²) >= 11 is 6.09. The number of aromatic nitrogens is 4. The second kappa shape index (κ2) is 6.98. The largest absolute Gasteiger partial charge is 0.396 e. The molecule has 1 fully saturated rings. The molecule has 0 spiro atoms. The molecule has 4 rings (SSSR count). The van der Waals surface area contributed by atoms with Crippen molar-refractivity contribution < 1.29 is 5.11 Å². The van der Waals surface area contributed by atoms with Crippen molar-refractivity contribution in [3.63, 3.8) is 0 Å². The molecule has 130 valence electrons. The molecule has 0 aliphatic heterocycles. The maximum Gasteiger partial charge on any atom is 0.185 e. The van der Waals surface area contributed by atoms with Gasteiger partial charge in [0.2, 0.25) is 0 Å². The summed E-state index contributed by atoms with van der Waals surface area (Å²) in [4.78, 5) is 0. The molecule has 3 aromatic rings. The number of halogens is 1. The fraction of sp³-hybridized carbons (Fsp3) is 0.389. The second-order valence-corrected chi connectivity index (χ2v) is 7.00. The number of hydrogen-bond acceptors (Lipinski definition) is 5. The highest BCUT2D eigenvalue weighted by molar-refractivity contribution is 6.30. The van der Waals surface area contributed by atoms with Crippen molar-refractivity contribution in [1.82, 2.24) is 19.8 Å². The Morgan fingerprint density at radius 2 is 1.96 bits per heavy atom. The fourth-order valence-electron chi connectivity index (χ4n) is 3.37. The van der Waals surface area contributed by atoms with Crippen LogP contribution in [0.3, 0.4) is 0 Å². The molecule has 7 heteroatoms. The van der Waals surface area contributed by atoms with E-state index >= 15 is 0 Å². The first-order valence-corrected chi connectivity index (χ1v) is 8.96. The molecule has 1 aliphatic carbocycles. The molecule has 0 unspecified atom stereocenters. The van der Waals surface area contributed by atoms with Gasteiger partial charge in [0.15, 0.2) is 11.5 Å². The Bertz CT molecular complexity index is 873. The summed E-state index contributed by atoms with van der Waals surface area (Å²) in [5, 5.41) is 26.5. The van der Waals surface area contributed by atoms with Gasteiger partial charge in [-0.3, -0.25) is 0 Å².